The first kappa shape index (κ1) is 16.3. The van der Waals surface area contributed by atoms with Crippen molar-refractivity contribution in [1.29, 1.82) is 0 Å². The molecule has 2 nitrogen and oxygen atoms in total. The number of ketones is 1. The van der Waals surface area contributed by atoms with Gasteiger partial charge in [0.15, 0.2) is 5.78 Å². The van der Waals surface area contributed by atoms with Crippen molar-refractivity contribution >= 4 is 11.5 Å². The van der Waals surface area contributed by atoms with Crippen molar-refractivity contribution in [1.82, 2.24) is 0 Å². The van der Waals surface area contributed by atoms with Crippen LogP contribution >= 0.6 is 0 Å². The Balaban J connectivity index is 2.19. The lowest BCUT2D eigenvalue weighted by molar-refractivity contribution is 0.0998. The van der Waals surface area contributed by atoms with E-state index in [1.807, 2.05) is 44.2 Å². The maximum atomic E-state index is 12.7. The number of aryl methyl sites for hydroxylation is 2. The minimum atomic E-state index is 0.196. The molecule has 116 valence electrons. The number of Topliss-reactive ketones (excluding diaryl/α,β-unsaturated/α-hetero) is 1. The SMILES string of the molecule is CCCCN(CC(=O)c1cc(C)ccc1C)c1ccccc1. The van der Waals surface area contributed by atoms with Gasteiger partial charge >= 0.3 is 0 Å². The van der Waals surface area contributed by atoms with E-state index in [1.54, 1.807) is 0 Å². The zero-order valence-electron chi connectivity index (χ0n) is 13.8. The number of para-hydroxylation sites is 1. The van der Waals surface area contributed by atoms with Gasteiger partial charge in [-0.2, -0.15) is 0 Å². The van der Waals surface area contributed by atoms with E-state index in [0.29, 0.717) is 6.54 Å². The Bertz CT molecular complexity index is 619. The fraction of sp³-hybridized carbons (Fsp3) is 0.350. The van der Waals surface area contributed by atoms with Crippen LogP contribution in [-0.4, -0.2) is 18.9 Å². The predicted octanol–water partition coefficient (Wildman–Crippen LogP) is 4.79. The summed E-state index contributed by atoms with van der Waals surface area (Å²) in [6.45, 7) is 7.56. The third-order valence-electron chi connectivity index (χ3n) is 3.93. The monoisotopic (exact) mass is 295 g/mol. The third-order valence-corrected chi connectivity index (χ3v) is 3.93. The van der Waals surface area contributed by atoms with Crippen molar-refractivity contribution in [3.63, 3.8) is 0 Å². The molecule has 0 amide bonds. The highest BCUT2D eigenvalue weighted by molar-refractivity contribution is 6.00. The molecule has 0 aromatic heterocycles. The van der Waals surface area contributed by atoms with Gasteiger partial charge in [0.05, 0.1) is 6.54 Å². The molecule has 0 aliphatic heterocycles. The molecule has 0 radical (unpaired) electrons. The van der Waals surface area contributed by atoms with Crippen LogP contribution in [-0.2, 0) is 0 Å². The highest BCUT2D eigenvalue weighted by Crippen LogP contribution is 2.17. The average Bonchev–Trinajstić information content (AvgIpc) is 2.54. The topological polar surface area (TPSA) is 20.3 Å². The third kappa shape index (κ3) is 4.20. The van der Waals surface area contributed by atoms with Crippen molar-refractivity contribution in [2.45, 2.75) is 33.6 Å². The zero-order chi connectivity index (χ0) is 15.9. The number of nitrogens with zero attached hydrogens (tertiary/aromatic N) is 1. The van der Waals surface area contributed by atoms with E-state index in [2.05, 4.69) is 30.0 Å². The van der Waals surface area contributed by atoms with E-state index >= 15 is 0 Å². The number of rotatable bonds is 7. The van der Waals surface area contributed by atoms with Gasteiger partial charge in [-0.25, -0.2) is 0 Å². The summed E-state index contributed by atoms with van der Waals surface area (Å²) >= 11 is 0. The van der Waals surface area contributed by atoms with Gasteiger partial charge in [0.25, 0.3) is 0 Å². The van der Waals surface area contributed by atoms with E-state index in [4.69, 9.17) is 0 Å². The molecule has 2 aromatic carbocycles. The second-order valence-electron chi connectivity index (χ2n) is 5.85. The Morgan fingerprint density at radius 1 is 1.05 bits per heavy atom. The lowest BCUT2D eigenvalue weighted by atomic mass is 10.0. The van der Waals surface area contributed by atoms with E-state index in [9.17, 15) is 4.79 Å². The van der Waals surface area contributed by atoms with E-state index in [1.165, 1.54) is 0 Å². The fourth-order valence-electron chi connectivity index (χ4n) is 2.58. The van der Waals surface area contributed by atoms with Crippen molar-refractivity contribution in [2.24, 2.45) is 0 Å². The molecule has 0 aliphatic rings. The van der Waals surface area contributed by atoms with Crippen LogP contribution in [0, 0.1) is 13.8 Å². The number of hydrogen-bond donors (Lipinski definition) is 0. The van der Waals surface area contributed by atoms with Crippen LogP contribution in [0.1, 0.15) is 41.3 Å². The Labute approximate surface area is 133 Å². The molecule has 22 heavy (non-hydrogen) atoms. The van der Waals surface area contributed by atoms with Gasteiger partial charge in [-0.1, -0.05) is 49.2 Å². The van der Waals surface area contributed by atoms with Crippen LogP contribution in [0.15, 0.2) is 48.5 Å². The highest BCUT2D eigenvalue weighted by Gasteiger charge is 2.14. The summed E-state index contributed by atoms with van der Waals surface area (Å²) < 4.78 is 0. The molecule has 2 rings (SSSR count). The summed E-state index contributed by atoms with van der Waals surface area (Å²) in [7, 11) is 0. The van der Waals surface area contributed by atoms with Crippen LogP contribution in [0.2, 0.25) is 0 Å². The van der Waals surface area contributed by atoms with Crippen LogP contribution in [0.4, 0.5) is 5.69 Å². The maximum absolute atomic E-state index is 12.7. The second-order valence-corrected chi connectivity index (χ2v) is 5.85. The zero-order valence-corrected chi connectivity index (χ0v) is 13.8. The van der Waals surface area contributed by atoms with E-state index in [0.717, 1.165) is 41.8 Å². The number of unbranched alkanes of at least 4 members (excludes halogenated alkanes) is 1. The number of carbonyl (C=O) groups excluding carboxylic acids is 1. The standard InChI is InChI=1S/C20H25NO/c1-4-5-13-21(18-9-7-6-8-10-18)15-20(22)19-14-16(2)11-12-17(19)3/h6-12,14H,4-5,13,15H2,1-3H3. The summed E-state index contributed by atoms with van der Waals surface area (Å²) in [5.41, 5.74) is 4.15. The lowest BCUT2D eigenvalue weighted by Gasteiger charge is -2.24. The molecule has 0 saturated carbocycles. The molecule has 2 heteroatoms. The number of anilines is 1. The first-order valence-electron chi connectivity index (χ1n) is 8.02. The van der Waals surface area contributed by atoms with Gasteiger partial charge in [-0.15, -0.1) is 0 Å². The number of carbonyl (C=O) groups is 1. The molecule has 2 aromatic rings. The van der Waals surface area contributed by atoms with Crippen LogP contribution < -0.4 is 4.90 Å². The molecule has 0 aliphatic carbocycles. The lowest BCUT2D eigenvalue weighted by Crippen LogP contribution is -2.31. The summed E-state index contributed by atoms with van der Waals surface area (Å²) in [4.78, 5) is 14.9. The minimum Gasteiger partial charge on any atom is -0.364 e. The van der Waals surface area contributed by atoms with E-state index in [-0.39, 0.29) is 5.78 Å². The quantitative estimate of drug-likeness (QED) is 0.684. The molecule has 0 heterocycles. The Morgan fingerprint density at radius 2 is 1.77 bits per heavy atom. The summed E-state index contributed by atoms with van der Waals surface area (Å²) in [5, 5.41) is 0. The molecule has 0 unspecified atom stereocenters. The van der Waals surface area contributed by atoms with Crippen LogP contribution in [0.25, 0.3) is 0 Å². The average molecular weight is 295 g/mol. The van der Waals surface area contributed by atoms with Crippen LogP contribution in [0.3, 0.4) is 0 Å². The minimum absolute atomic E-state index is 0.196. The molecule has 0 N–H and O–H groups in total. The second kappa shape index (κ2) is 7.79. The smallest absolute Gasteiger partial charge is 0.182 e. The van der Waals surface area contributed by atoms with Gasteiger partial charge in [0.1, 0.15) is 0 Å². The van der Waals surface area contributed by atoms with Gasteiger partial charge in [-0.05, 0) is 44.0 Å². The summed E-state index contributed by atoms with van der Waals surface area (Å²) in [5.74, 6) is 0.196. The van der Waals surface area contributed by atoms with E-state index < -0.39 is 0 Å². The molecular formula is C20H25NO. The number of hydrogen-bond acceptors (Lipinski definition) is 2. The summed E-state index contributed by atoms with van der Waals surface area (Å²) in [6.07, 6.45) is 2.22. The predicted molar refractivity (Wildman–Crippen MR) is 93.8 cm³/mol. The number of benzene rings is 2. The Morgan fingerprint density at radius 3 is 2.45 bits per heavy atom. The summed E-state index contributed by atoms with van der Waals surface area (Å²) in [6, 6.07) is 16.3. The molecule has 0 fully saturated rings. The maximum Gasteiger partial charge on any atom is 0.182 e. The first-order chi connectivity index (χ1) is 10.6. The largest absolute Gasteiger partial charge is 0.364 e. The molecule has 0 spiro atoms. The molecular weight excluding hydrogens is 270 g/mol. The highest BCUT2D eigenvalue weighted by atomic mass is 16.1. The van der Waals surface area contributed by atoms with Gasteiger partial charge in [0, 0.05) is 17.8 Å². The first-order valence-corrected chi connectivity index (χ1v) is 8.02. The van der Waals surface area contributed by atoms with Crippen molar-refractivity contribution in [3.8, 4) is 0 Å². The molecule has 0 atom stereocenters. The van der Waals surface area contributed by atoms with Crippen molar-refractivity contribution in [2.75, 3.05) is 18.0 Å². The molecule has 0 saturated heterocycles. The Kier molecular flexibility index (Phi) is 5.76. The van der Waals surface area contributed by atoms with Crippen LogP contribution in [0.5, 0.6) is 0 Å². The van der Waals surface area contributed by atoms with Gasteiger partial charge in [-0.3, -0.25) is 4.79 Å². The fourth-order valence-corrected chi connectivity index (χ4v) is 2.58. The van der Waals surface area contributed by atoms with Crippen molar-refractivity contribution in [3.05, 3.63) is 65.2 Å². The van der Waals surface area contributed by atoms with Crippen molar-refractivity contribution < 1.29 is 4.79 Å². The molecule has 0 bridgehead atoms. The van der Waals surface area contributed by atoms with Gasteiger partial charge in [0.2, 0.25) is 0 Å². The van der Waals surface area contributed by atoms with Gasteiger partial charge < -0.3 is 4.90 Å². The Hall–Kier alpha value is -2.09. The normalized spacial score (nSPS) is 10.5.